The summed E-state index contributed by atoms with van der Waals surface area (Å²) >= 11 is 0. The molecule has 0 unspecified atom stereocenters. The van der Waals surface area contributed by atoms with E-state index in [2.05, 4.69) is 4.98 Å². The number of aliphatic carboxylic acids is 1. The van der Waals surface area contributed by atoms with Crippen LogP contribution in [0.1, 0.15) is 25.0 Å². The number of hydrogen-bond donors (Lipinski definition) is 1. The van der Waals surface area contributed by atoms with E-state index in [4.69, 9.17) is 0 Å². The maximum Gasteiger partial charge on any atom is 0.433 e. The zero-order valence-corrected chi connectivity index (χ0v) is 13.3. The fraction of sp³-hybridized carbons (Fsp3) is 0.571. The Labute approximate surface area is 136 Å². The van der Waals surface area contributed by atoms with Crippen molar-refractivity contribution in [2.45, 2.75) is 30.3 Å². The van der Waals surface area contributed by atoms with Crippen LogP contribution >= 0.6 is 0 Å². The summed E-state index contributed by atoms with van der Waals surface area (Å²) < 4.78 is 63.8. The number of pyridine rings is 1. The van der Waals surface area contributed by atoms with E-state index in [0.717, 1.165) is 16.8 Å². The molecule has 0 spiro atoms. The molecular formula is C14H15F3N2O4S. The van der Waals surface area contributed by atoms with Gasteiger partial charge in [0.15, 0.2) is 0 Å². The van der Waals surface area contributed by atoms with Crippen molar-refractivity contribution in [2.75, 3.05) is 13.1 Å². The molecule has 2 aliphatic rings. The zero-order chi connectivity index (χ0) is 17.8. The number of carbonyl (C=O) groups is 1. The van der Waals surface area contributed by atoms with Gasteiger partial charge in [0.1, 0.15) is 10.6 Å². The lowest BCUT2D eigenvalue weighted by Crippen LogP contribution is -2.37. The summed E-state index contributed by atoms with van der Waals surface area (Å²) in [6.07, 6.45) is -2.22. The van der Waals surface area contributed by atoms with Gasteiger partial charge in [0.05, 0.1) is 5.41 Å². The van der Waals surface area contributed by atoms with E-state index in [9.17, 15) is 31.5 Å². The van der Waals surface area contributed by atoms with Crippen molar-refractivity contribution in [2.24, 2.45) is 11.3 Å². The number of sulfonamides is 1. The molecule has 0 radical (unpaired) electrons. The highest BCUT2D eigenvalue weighted by atomic mass is 32.2. The maximum absolute atomic E-state index is 12.6. The van der Waals surface area contributed by atoms with Crippen LogP contribution in [0.15, 0.2) is 23.2 Å². The van der Waals surface area contributed by atoms with Gasteiger partial charge in [0.2, 0.25) is 10.0 Å². The van der Waals surface area contributed by atoms with Gasteiger partial charge in [0, 0.05) is 19.3 Å². The summed E-state index contributed by atoms with van der Waals surface area (Å²) in [7, 11) is -4.07. The van der Waals surface area contributed by atoms with Gasteiger partial charge in [-0.25, -0.2) is 8.42 Å². The molecule has 132 valence electrons. The Morgan fingerprint density at radius 3 is 2.58 bits per heavy atom. The number of alkyl halides is 3. The van der Waals surface area contributed by atoms with Crippen molar-refractivity contribution in [1.29, 1.82) is 0 Å². The van der Waals surface area contributed by atoms with Gasteiger partial charge >= 0.3 is 12.1 Å². The lowest BCUT2D eigenvalue weighted by Gasteiger charge is -2.23. The third-order valence-corrected chi connectivity index (χ3v) is 6.73. The van der Waals surface area contributed by atoms with Crippen LogP contribution in [0.3, 0.4) is 0 Å². The van der Waals surface area contributed by atoms with E-state index in [-0.39, 0.29) is 23.9 Å². The van der Waals surface area contributed by atoms with E-state index in [1.165, 1.54) is 0 Å². The summed E-state index contributed by atoms with van der Waals surface area (Å²) in [5, 5.41) is 9.50. The van der Waals surface area contributed by atoms with Crippen molar-refractivity contribution in [3.05, 3.63) is 24.0 Å². The molecule has 0 bridgehead atoms. The molecule has 1 saturated carbocycles. The number of carboxylic acids is 1. The largest absolute Gasteiger partial charge is 0.481 e. The standard InChI is InChI=1S/C14H15F3N2O4S/c15-14(16,17)11-4-3-10(6-18-11)24(22,23)19-7-9-2-1-5-13(9,8-19)12(20)21/h3-4,6,9H,1-2,5,7-8H2,(H,20,21)/t9-,13+/m0/s1. The molecule has 2 fully saturated rings. The van der Waals surface area contributed by atoms with E-state index in [1.807, 2.05) is 0 Å². The molecule has 2 heterocycles. The van der Waals surface area contributed by atoms with E-state index in [1.54, 1.807) is 0 Å². The van der Waals surface area contributed by atoms with Crippen LogP contribution < -0.4 is 0 Å². The average Bonchev–Trinajstić information content (AvgIpc) is 3.04. The third-order valence-electron chi connectivity index (χ3n) is 4.93. The summed E-state index contributed by atoms with van der Waals surface area (Å²) in [6.45, 7) is -0.0913. The molecule has 10 heteroatoms. The molecule has 1 aliphatic carbocycles. The van der Waals surface area contributed by atoms with Crippen LogP contribution in [-0.4, -0.2) is 41.9 Å². The van der Waals surface area contributed by atoms with Crippen molar-refractivity contribution >= 4 is 16.0 Å². The summed E-state index contributed by atoms with van der Waals surface area (Å²) in [6, 6.07) is 1.46. The normalized spacial score (nSPS) is 28.0. The summed E-state index contributed by atoms with van der Waals surface area (Å²) in [5.41, 5.74) is -2.27. The van der Waals surface area contributed by atoms with Gasteiger partial charge in [-0.1, -0.05) is 6.42 Å². The summed E-state index contributed by atoms with van der Waals surface area (Å²) in [5.74, 6) is -1.29. The van der Waals surface area contributed by atoms with Crippen LogP contribution in [0.5, 0.6) is 0 Å². The fourth-order valence-electron chi connectivity index (χ4n) is 3.63. The molecule has 1 N–H and O–H groups in total. The molecule has 1 aromatic rings. The first-order chi connectivity index (χ1) is 11.1. The maximum atomic E-state index is 12.6. The zero-order valence-electron chi connectivity index (χ0n) is 12.5. The lowest BCUT2D eigenvalue weighted by molar-refractivity contribution is -0.149. The van der Waals surface area contributed by atoms with Crippen molar-refractivity contribution < 1.29 is 31.5 Å². The van der Waals surface area contributed by atoms with E-state index >= 15 is 0 Å². The van der Waals surface area contributed by atoms with Crippen LogP contribution in [-0.2, 0) is 21.0 Å². The molecular weight excluding hydrogens is 349 g/mol. The average molecular weight is 364 g/mol. The number of carboxylic acid groups (broad SMARTS) is 1. The highest BCUT2D eigenvalue weighted by Crippen LogP contribution is 2.50. The second-order valence-corrected chi connectivity index (χ2v) is 8.16. The summed E-state index contributed by atoms with van der Waals surface area (Å²) in [4.78, 5) is 14.4. The van der Waals surface area contributed by atoms with Crippen LogP contribution in [0.2, 0.25) is 0 Å². The number of fused-ring (bicyclic) bond motifs is 1. The second kappa shape index (κ2) is 5.41. The Morgan fingerprint density at radius 2 is 2.08 bits per heavy atom. The number of nitrogens with zero attached hydrogens (tertiary/aromatic N) is 2. The minimum atomic E-state index is -4.65. The Bertz CT molecular complexity index is 763. The molecule has 2 atom stereocenters. The van der Waals surface area contributed by atoms with E-state index < -0.39 is 33.3 Å². The lowest BCUT2D eigenvalue weighted by atomic mass is 9.81. The second-order valence-electron chi connectivity index (χ2n) is 6.22. The number of aromatic nitrogens is 1. The van der Waals surface area contributed by atoms with Gasteiger partial charge < -0.3 is 5.11 Å². The van der Waals surface area contributed by atoms with Gasteiger partial charge in [0.25, 0.3) is 0 Å². The molecule has 6 nitrogen and oxygen atoms in total. The van der Waals surface area contributed by atoms with Crippen molar-refractivity contribution in [3.8, 4) is 0 Å². The minimum Gasteiger partial charge on any atom is -0.481 e. The number of hydrogen-bond acceptors (Lipinski definition) is 4. The predicted octanol–water partition coefficient (Wildman–Crippen LogP) is 1.98. The quantitative estimate of drug-likeness (QED) is 0.886. The van der Waals surface area contributed by atoms with Crippen molar-refractivity contribution in [3.63, 3.8) is 0 Å². The van der Waals surface area contributed by atoms with Gasteiger partial charge in [-0.3, -0.25) is 9.78 Å². The number of halogens is 3. The van der Waals surface area contributed by atoms with Crippen LogP contribution in [0, 0.1) is 11.3 Å². The van der Waals surface area contributed by atoms with Crippen LogP contribution in [0.4, 0.5) is 13.2 Å². The first-order valence-corrected chi connectivity index (χ1v) is 8.78. The highest BCUT2D eigenvalue weighted by Gasteiger charge is 2.57. The molecule has 1 aliphatic heterocycles. The minimum absolute atomic E-state index is 0.0651. The monoisotopic (exact) mass is 364 g/mol. The van der Waals surface area contributed by atoms with Gasteiger partial charge in [-0.05, 0) is 30.9 Å². The van der Waals surface area contributed by atoms with Gasteiger partial charge in [-0.15, -0.1) is 0 Å². The Kier molecular flexibility index (Phi) is 3.87. The fourth-order valence-corrected chi connectivity index (χ4v) is 5.13. The number of rotatable bonds is 3. The molecule has 3 rings (SSSR count). The molecule has 1 aromatic heterocycles. The Morgan fingerprint density at radius 1 is 1.38 bits per heavy atom. The Balaban J connectivity index is 1.88. The topological polar surface area (TPSA) is 87.6 Å². The molecule has 1 saturated heterocycles. The first kappa shape index (κ1) is 17.2. The first-order valence-electron chi connectivity index (χ1n) is 7.34. The Hall–Kier alpha value is -1.68. The molecule has 0 amide bonds. The predicted molar refractivity (Wildman–Crippen MR) is 75.4 cm³/mol. The smallest absolute Gasteiger partial charge is 0.433 e. The third kappa shape index (κ3) is 2.57. The van der Waals surface area contributed by atoms with Gasteiger partial charge in [-0.2, -0.15) is 17.5 Å². The van der Waals surface area contributed by atoms with Crippen LogP contribution in [0.25, 0.3) is 0 Å². The SMILES string of the molecule is O=C(O)[C@@]12CCC[C@H]1CN(S(=O)(=O)c1ccc(C(F)(F)F)nc1)C2. The molecule has 24 heavy (non-hydrogen) atoms. The molecule has 0 aromatic carbocycles. The van der Waals surface area contributed by atoms with E-state index in [0.29, 0.717) is 25.1 Å². The highest BCUT2D eigenvalue weighted by molar-refractivity contribution is 7.89. The van der Waals surface area contributed by atoms with Crippen molar-refractivity contribution in [1.82, 2.24) is 9.29 Å².